The van der Waals surface area contributed by atoms with Crippen molar-refractivity contribution in [1.82, 2.24) is 10.2 Å². The second-order valence-corrected chi connectivity index (χ2v) is 3.79. The van der Waals surface area contributed by atoms with Crippen molar-refractivity contribution in [3.05, 3.63) is 17.8 Å². The van der Waals surface area contributed by atoms with E-state index in [1.165, 1.54) is 6.07 Å². The van der Waals surface area contributed by atoms with Gasteiger partial charge < -0.3 is 4.90 Å². The molecule has 0 unspecified atom stereocenters. The van der Waals surface area contributed by atoms with Crippen molar-refractivity contribution in [1.29, 1.82) is 0 Å². The van der Waals surface area contributed by atoms with Gasteiger partial charge in [0.15, 0.2) is 11.5 Å². The molecule has 0 aromatic carbocycles. The summed E-state index contributed by atoms with van der Waals surface area (Å²) in [5, 5.41) is 6.85. The quantitative estimate of drug-likeness (QED) is 0.800. The molecule has 16 heavy (non-hydrogen) atoms. The van der Waals surface area contributed by atoms with Crippen LogP contribution in [-0.2, 0) is 6.18 Å². The minimum Gasteiger partial charge on any atom is -0.352 e. The Balaban J connectivity index is 2.18. The van der Waals surface area contributed by atoms with Crippen LogP contribution in [0.5, 0.6) is 0 Å². The summed E-state index contributed by atoms with van der Waals surface area (Å²) < 4.78 is 36.8. The van der Waals surface area contributed by atoms with Crippen LogP contribution in [0.2, 0.25) is 0 Å². The van der Waals surface area contributed by atoms with Crippen LogP contribution in [0.25, 0.3) is 0 Å². The lowest BCUT2D eigenvalue weighted by Crippen LogP contribution is -2.26. The van der Waals surface area contributed by atoms with Gasteiger partial charge in [0, 0.05) is 12.6 Å². The molecule has 1 fully saturated rings. The van der Waals surface area contributed by atoms with Gasteiger partial charge in [0.25, 0.3) is 0 Å². The Labute approximate surface area is 91.3 Å². The van der Waals surface area contributed by atoms with Crippen molar-refractivity contribution in [2.45, 2.75) is 32.0 Å². The highest BCUT2D eigenvalue weighted by atomic mass is 19.4. The number of anilines is 1. The monoisotopic (exact) mass is 231 g/mol. The normalized spacial score (nSPS) is 16.2. The molecule has 2 rings (SSSR count). The molecule has 0 aliphatic heterocycles. The average Bonchev–Trinajstić information content (AvgIpc) is 3.03. The van der Waals surface area contributed by atoms with Crippen LogP contribution in [0.4, 0.5) is 19.0 Å². The Morgan fingerprint density at radius 2 is 2.00 bits per heavy atom. The third-order valence-electron chi connectivity index (χ3n) is 2.56. The number of hydrogen-bond donors (Lipinski definition) is 0. The van der Waals surface area contributed by atoms with Crippen LogP contribution >= 0.6 is 0 Å². The van der Waals surface area contributed by atoms with E-state index < -0.39 is 11.9 Å². The number of nitrogens with zero attached hydrogens (tertiary/aromatic N) is 3. The summed E-state index contributed by atoms with van der Waals surface area (Å²) in [4.78, 5) is 1.98. The fraction of sp³-hybridized carbons (Fsp3) is 0.600. The van der Waals surface area contributed by atoms with Gasteiger partial charge in [0.05, 0.1) is 0 Å². The first-order valence-electron chi connectivity index (χ1n) is 5.20. The molecule has 0 bridgehead atoms. The summed E-state index contributed by atoms with van der Waals surface area (Å²) >= 11 is 0. The zero-order valence-electron chi connectivity index (χ0n) is 8.83. The van der Waals surface area contributed by atoms with Crippen molar-refractivity contribution >= 4 is 5.82 Å². The minimum atomic E-state index is -4.41. The summed E-state index contributed by atoms with van der Waals surface area (Å²) in [6.07, 6.45) is -2.25. The predicted molar refractivity (Wildman–Crippen MR) is 53.1 cm³/mol. The molecule has 0 radical (unpaired) electrons. The number of hydrogen-bond acceptors (Lipinski definition) is 3. The molecular formula is C10H12F3N3. The van der Waals surface area contributed by atoms with Gasteiger partial charge in [-0.3, -0.25) is 0 Å². The maximum atomic E-state index is 12.3. The Bertz CT molecular complexity index is 357. The summed E-state index contributed by atoms with van der Waals surface area (Å²) in [7, 11) is 0. The molecule has 0 amide bonds. The van der Waals surface area contributed by atoms with Crippen LogP contribution in [-0.4, -0.2) is 22.8 Å². The standard InChI is InChI=1S/C10H12F3N3/c1-2-16(7-3-4-7)9-6-5-8(14-15-9)10(11,12)13/h5-7H,2-4H2,1H3. The van der Waals surface area contributed by atoms with Crippen LogP contribution in [0, 0.1) is 0 Å². The molecule has 0 saturated heterocycles. The van der Waals surface area contributed by atoms with Gasteiger partial charge in [-0.25, -0.2) is 0 Å². The second kappa shape index (κ2) is 3.92. The lowest BCUT2D eigenvalue weighted by molar-refractivity contribution is -0.141. The van der Waals surface area contributed by atoms with E-state index in [0.717, 1.165) is 25.5 Å². The highest BCUT2D eigenvalue weighted by molar-refractivity contribution is 5.40. The molecule has 0 spiro atoms. The fourth-order valence-corrected chi connectivity index (χ4v) is 1.62. The molecule has 1 heterocycles. The molecule has 3 nitrogen and oxygen atoms in total. The van der Waals surface area contributed by atoms with Crippen LogP contribution < -0.4 is 4.90 Å². The predicted octanol–water partition coefficient (Wildman–Crippen LogP) is 2.48. The van der Waals surface area contributed by atoms with Crippen molar-refractivity contribution in [3.63, 3.8) is 0 Å². The van der Waals surface area contributed by atoms with E-state index in [-0.39, 0.29) is 0 Å². The Hall–Kier alpha value is -1.33. The van der Waals surface area contributed by atoms with Gasteiger partial charge in [0.1, 0.15) is 0 Å². The molecular weight excluding hydrogens is 219 g/mol. The molecule has 6 heteroatoms. The number of aromatic nitrogens is 2. The molecule has 0 atom stereocenters. The van der Waals surface area contributed by atoms with Crippen LogP contribution in [0.1, 0.15) is 25.5 Å². The lowest BCUT2D eigenvalue weighted by Gasteiger charge is -2.20. The average molecular weight is 231 g/mol. The SMILES string of the molecule is CCN(c1ccc(C(F)(F)F)nn1)C1CC1. The highest BCUT2D eigenvalue weighted by Gasteiger charge is 2.34. The summed E-state index contributed by atoms with van der Waals surface area (Å²) in [5.74, 6) is 0.526. The fourth-order valence-electron chi connectivity index (χ4n) is 1.62. The van der Waals surface area contributed by atoms with Gasteiger partial charge in [-0.05, 0) is 31.9 Å². The number of alkyl halides is 3. The smallest absolute Gasteiger partial charge is 0.352 e. The third kappa shape index (κ3) is 2.25. The Morgan fingerprint density at radius 1 is 1.31 bits per heavy atom. The van der Waals surface area contributed by atoms with E-state index in [4.69, 9.17) is 0 Å². The van der Waals surface area contributed by atoms with E-state index in [2.05, 4.69) is 10.2 Å². The summed E-state index contributed by atoms with van der Waals surface area (Å²) in [6, 6.07) is 2.79. The summed E-state index contributed by atoms with van der Waals surface area (Å²) in [6.45, 7) is 2.70. The molecule has 1 aliphatic rings. The van der Waals surface area contributed by atoms with E-state index in [1.54, 1.807) is 0 Å². The second-order valence-electron chi connectivity index (χ2n) is 3.79. The van der Waals surface area contributed by atoms with E-state index in [9.17, 15) is 13.2 Å². The lowest BCUT2D eigenvalue weighted by atomic mass is 10.3. The molecule has 1 aliphatic carbocycles. The van der Waals surface area contributed by atoms with Crippen molar-refractivity contribution < 1.29 is 13.2 Å². The van der Waals surface area contributed by atoms with Gasteiger partial charge in [-0.2, -0.15) is 13.2 Å². The van der Waals surface area contributed by atoms with Crippen molar-refractivity contribution in [2.24, 2.45) is 0 Å². The van der Waals surface area contributed by atoms with Gasteiger partial charge in [0.2, 0.25) is 0 Å². The number of halogens is 3. The Kier molecular flexibility index (Phi) is 2.73. The first-order valence-corrected chi connectivity index (χ1v) is 5.20. The molecule has 1 aromatic heterocycles. The first kappa shape index (κ1) is 11.2. The zero-order valence-corrected chi connectivity index (χ0v) is 8.83. The van der Waals surface area contributed by atoms with Gasteiger partial charge in [-0.1, -0.05) is 0 Å². The maximum Gasteiger partial charge on any atom is 0.435 e. The van der Waals surface area contributed by atoms with E-state index >= 15 is 0 Å². The molecule has 88 valence electrons. The third-order valence-corrected chi connectivity index (χ3v) is 2.56. The molecule has 0 N–H and O–H groups in total. The largest absolute Gasteiger partial charge is 0.435 e. The number of rotatable bonds is 3. The highest BCUT2D eigenvalue weighted by Crippen LogP contribution is 2.31. The minimum absolute atomic E-state index is 0.427. The first-order chi connectivity index (χ1) is 7.52. The Morgan fingerprint density at radius 3 is 2.38 bits per heavy atom. The molecule has 1 saturated carbocycles. The van der Waals surface area contributed by atoms with E-state index in [0.29, 0.717) is 11.9 Å². The van der Waals surface area contributed by atoms with Crippen molar-refractivity contribution in [3.8, 4) is 0 Å². The zero-order chi connectivity index (χ0) is 11.8. The topological polar surface area (TPSA) is 29.0 Å². The van der Waals surface area contributed by atoms with Crippen molar-refractivity contribution in [2.75, 3.05) is 11.4 Å². The van der Waals surface area contributed by atoms with Crippen LogP contribution in [0.3, 0.4) is 0 Å². The van der Waals surface area contributed by atoms with E-state index in [1.807, 2.05) is 11.8 Å². The molecule has 1 aromatic rings. The van der Waals surface area contributed by atoms with Gasteiger partial charge >= 0.3 is 6.18 Å². The van der Waals surface area contributed by atoms with Gasteiger partial charge in [-0.15, -0.1) is 10.2 Å². The van der Waals surface area contributed by atoms with Crippen LogP contribution in [0.15, 0.2) is 12.1 Å². The maximum absolute atomic E-state index is 12.3. The summed E-state index contributed by atoms with van der Waals surface area (Å²) in [5.41, 5.74) is -0.942.